The maximum Gasteiger partial charge on any atom is 0.415 e. The fourth-order valence-electron chi connectivity index (χ4n) is 8.74. The van der Waals surface area contributed by atoms with Gasteiger partial charge in [-0.1, -0.05) is 67.1 Å². The summed E-state index contributed by atoms with van der Waals surface area (Å²) in [5.41, 5.74) is 2.13. The van der Waals surface area contributed by atoms with Gasteiger partial charge >= 0.3 is 6.09 Å². The number of ketones is 1. The molecule has 8 heteroatoms. The van der Waals surface area contributed by atoms with Crippen LogP contribution >= 0.6 is 11.3 Å². The molecule has 286 valence electrons. The number of hydrogen-bond acceptors (Lipinski definition) is 7. The second kappa shape index (κ2) is 16.5. The minimum Gasteiger partial charge on any atom is -0.497 e. The van der Waals surface area contributed by atoms with Gasteiger partial charge in [-0.3, -0.25) is 4.79 Å². The van der Waals surface area contributed by atoms with Crippen molar-refractivity contribution in [3.05, 3.63) is 141 Å². The second-order valence-electron chi connectivity index (χ2n) is 15.6. The molecule has 55 heavy (non-hydrogen) atoms. The molecule has 7 nitrogen and oxygen atoms in total. The standard InChI is InChI=1S/C47H51NO6S/c1-32-8-6-24-46(2)43(41-21-13-33(28-37(49)17-12-32)29-42(41)44(50)35-15-18-38(53-3)19-16-35)22-25-47(46,52)31-48(26-23-40-11-7-27-55-40)45(51)54-39-20-14-34-9-4-5-10-36(34)30-39/h4-5,7-11,13-16,18-21,27,29-30,37,43,49,52H,6,12,17,22-26,28,31H2,1-3H3/t37-,43-,46-,47+/m0/s1. The number of carbonyl (C=O) groups is 2. The predicted molar refractivity (Wildman–Crippen MR) is 219 cm³/mol. The second-order valence-corrected chi connectivity index (χ2v) is 16.7. The summed E-state index contributed by atoms with van der Waals surface area (Å²) in [6.07, 6.45) is 6.11. The van der Waals surface area contributed by atoms with Crippen LogP contribution in [0.3, 0.4) is 0 Å². The van der Waals surface area contributed by atoms with E-state index < -0.39 is 23.2 Å². The molecule has 4 atom stereocenters. The molecule has 2 N–H and O–H groups in total. The molecule has 0 unspecified atom stereocenters. The number of benzene rings is 4. The minimum atomic E-state index is -1.29. The van der Waals surface area contributed by atoms with Crippen LogP contribution in [0.1, 0.15) is 90.2 Å². The lowest BCUT2D eigenvalue weighted by Crippen LogP contribution is -2.54. The lowest BCUT2D eigenvalue weighted by Gasteiger charge is -2.46. The molecule has 1 amide bonds. The lowest BCUT2D eigenvalue weighted by molar-refractivity contribution is -0.0789. The van der Waals surface area contributed by atoms with Gasteiger partial charge in [0.1, 0.15) is 11.5 Å². The van der Waals surface area contributed by atoms with Gasteiger partial charge < -0.3 is 24.6 Å². The van der Waals surface area contributed by atoms with E-state index in [1.807, 2.05) is 72.1 Å². The summed E-state index contributed by atoms with van der Waals surface area (Å²) < 4.78 is 11.4. The third-order valence-electron chi connectivity index (χ3n) is 12.1. The molecule has 4 aromatic carbocycles. The maximum atomic E-state index is 14.4. The van der Waals surface area contributed by atoms with Crippen LogP contribution in [0, 0.1) is 5.41 Å². The number of amides is 1. The third kappa shape index (κ3) is 8.42. The van der Waals surface area contributed by atoms with E-state index in [2.05, 4.69) is 26.0 Å². The van der Waals surface area contributed by atoms with Gasteiger partial charge in [-0.2, -0.15) is 0 Å². The summed E-state index contributed by atoms with van der Waals surface area (Å²) in [5.74, 6) is 0.840. The summed E-state index contributed by atoms with van der Waals surface area (Å²) in [4.78, 5) is 31.5. The first-order chi connectivity index (χ1) is 26.5. The number of hydrogen-bond donors (Lipinski definition) is 2. The van der Waals surface area contributed by atoms with Crippen LogP contribution in [0.2, 0.25) is 0 Å². The van der Waals surface area contributed by atoms with Crippen molar-refractivity contribution in [1.82, 2.24) is 4.90 Å². The molecule has 5 aromatic rings. The van der Waals surface area contributed by atoms with Gasteiger partial charge in [-0.05, 0) is 140 Å². The topological polar surface area (TPSA) is 96.3 Å². The Balaban J connectivity index is 1.26. The zero-order chi connectivity index (χ0) is 38.6. The molecule has 0 saturated heterocycles. The first-order valence-electron chi connectivity index (χ1n) is 19.4. The molecular weight excluding hydrogens is 707 g/mol. The van der Waals surface area contributed by atoms with Gasteiger partial charge in [0, 0.05) is 28.0 Å². The lowest BCUT2D eigenvalue weighted by atomic mass is 9.64. The Labute approximate surface area is 328 Å². The number of methoxy groups -OCH3 is 1. The number of aliphatic hydroxyl groups is 2. The highest BCUT2D eigenvalue weighted by Gasteiger charge is 2.57. The summed E-state index contributed by atoms with van der Waals surface area (Å²) in [6.45, 7) is 4.72. The average Bonchev–Trinajstić information content (AvgIpc) is 3.80. The van der Waals surface area contributed by atoms with Crippen molar-refractivity contribution in [2.24, 2.45) is 5.41 Å². The van der Waals surface area contributed by atoms with Crippen LogP contribution in [-0.4, -0.2) is 58.9 Å². The summed E-state index contributed by atoms with van der Waals surface area (Å²) >= 11 is 1.65. The van der Waals surface area contributed by atoms with Crippen LogP contribution < -0.4 is 9.47 Å². The normalized spacial score (nSPS) is 22.7. The number of allylic oxidation sites excluding steroid dienone is 2. The SMILES string of the molecule is COc1ccc(C(=O)c2cc3ccc2[C@@H]2CC[C@@](O)(CN(CCc4cccs4)C(=O)Oc4ccc5ccccc5c4)[C@@]2(C)CCC=C(C)CC[C@H](O)C3)cc1. The highest BCUT2D eigenvalue weighted by atomic mass is 32.1. The summed E-state index contributed by atoms with van der Waals surface area (Å²) in [5, 5.41) is 28.2. The van der Waals surface area contributed by atoms with E-state index in [0.717, 1.165) is 33.2 Å². The minimum absolute atomic E-state index is 0.0898. The zero-order valence-electron chi connectivity index (χ0n) is 32.0. The van der Waals surface area contributed by atoms with Crippen molar-refractivity contribution < 1.29 is 29.3 Å². The van der Waals surface area contributed by atoms with Crippen molar-refractivity contribution in [1.29, 1.82) is 0 Å². The number of ether oxygens (including phenoxy) is 2. The Bertz CT molecular complexity index is 2160. The molecule has 0 radical (unpaired) electrons. The van der Waals surface area contributed by atoms with Crippen LogP contribution in [0.15, 0.2) is 114 Å². The number of aliphatic hydroxyl groups excluding tert-OH is 1. The fraction of sp³-hybridized carbons (Fsp3) is 0.362. The number of thiophene rings is 1. The number of carbonyl (C=O) groups excluding carboxylic acids is 2. The van der Waals surface area contributed by atoms with Crippen LogP contribution in [0.25, 0.3) is 10.8 Å². The number of nitrogens with zero attached hydrogens (tertiary/aromatic N) is 1. The van der Waals surface area contributed by atoms with E-state index >= 15 is 0 Å². The molecule has 3 aliphatic rings. The van der Waals surface area contributed by atoms with E-state index in [9.17, 15) is 19.8 Å². The van der Waals surface area contributed by atoms with Gasteiger partial charge in [-0.15, -0.1) is 11.3 Å². The molecular formula is C47H51NO6S. The molecule has 0 aliphatic heterocycles. The number of rotatable bonds is 9. The van der Waals surface area contributed by atoms with Gasteiger partial charge in [0.25, 0.3) is 0 Å². The van der Waals surface area contributed by atoms with Gasteiger partial charge in [0.2, 0.25) is 0 Å². The van der Waals surface area contributed by atoms with E-state index in [0.29, 0.717) is 74.1 Å². The first kappa shape index (κ1) is 38.5. The monoisotopic (exact) mass is 757 g/mol. The molecule has 3 aliphatic carbocycles. The Hall–Kier alpha value is -4.76. The third-order valence-corrected chi connectivity index (χ3v) is 13.0. The maximum absolute atomic E-state index is 14.4. The van der Waals surface area contributed by atoms with Gasteiger partial charge in [-0.25, -0.2) is 4.79 Å². The Kier molecular flexibility index (Phi) is 11.6. The molecule has 1 saturated carbocycles. The average molecular weight is 758 g/mol. The van der Waals surface area contributed by atoms with E-state index in [-0.39, 0.29) is 18.2 Å². The van der Waals surface area contributed by atoms with Crippen molar-refractivity contribution in [3.63, 3.8) is 0 Å². The van der Waals surface area contributed by atoms with Crippen LogP contribution in [-0.2, 0) is 12.8 Å². The molecule has 1 aromatic heterocycles. The molecule has 8 rings (SSSR count). The highest BCUT2D eigenvalue weighted by molar-refractivity contribution is 7.09. The largest absolute Gasteiger partial charge is 0.497 e. The quantitative estimate of drug-likeness (QED) is 0.115. The Morgan fingerprint density at radius 2 is 1.69 bits per heavy atom. The van der Waals surface area contributed by atoms with Gasteiger partial charge in [0.15, 0.2) is 5.78 Å². The number of fused-ring (bicyclic) bond motifs is 9. The van der Waals surface area contributed by atoms with Crippen molar-refractivity contribution in [3.8, 4) is 11.5 Å². The molecule has 0 spiro atoms. The predicted octanol–water partition coefficient (Wildman–Crippen LogP) is 9.92. The first-order valence-corrected chi connectivity index (χ1v) is 20.3. The van der Waals surface area contributed by atoms with E-state index in [4.69, 9.17) is 9.47 Å². The van der Waals surface area contributed by atoms with E-state index in [1.54, 1.807) is 47.6 Å². The summed E-state index contributed by atoms with van der Waals surface area (Å²) in [6, 6.07) is 30.9. The van der Waals surface area contributed by atoms with Crippen LogP contribution in [0.5, 0.6) is 11.5 Å². The van der Waals surface area contributed by atoms with E-state index in [1.165, 1.54) is 5.57 Å². The van der Waals surface area contributed by atoms with Crippen LogP contribution in [0.4, 0.5) is 4.79 Å². The fourth-order valence-corrected chi connectivity index (χ4v) is 9.44. The molecule has 1 heterocycles. The summed E-state index contributed by atoms with van der Waals surface area (Å²) in [7, 11) is 1.60. The zero-order valence-corrected chi connectivity index (χ0v) is 32.8. The smallest absolute Gasteiger partial charge is 0.415 e. The van der Waals surface area contributed by atoms with Crippen molar-refractivity contribution >= 4 is 34.0 Å². The highest BCUT2D eigenvalue weighted by Crippen LogP contribution is 2.59. The Morgan fingerprint density at radius 1 is 0.909 bits per heavy atom. The Morgan fingerprint density at radius 3 is 2.45 bits per heavy atom. The van der Waals surface area contributed by atoms with Crippen molar-refractivity contribution in [2.75, 3.05) is 20.2 Å². The molecule has 2 bridgehead atoms. The van der Waals surface area contributed by atoms with Crippen molar-refractivity contribution in [2.45, 2.75) is 82.8 Å². The van der Waals surface area contributed by atoms with Gasteiger partial charge in [0.05, 0.1) is 25.4 Å². The molecule has 1 fully saturated rings.